The Morgan fingerprint density at radius 1 is 1.33 bits per heavy atom. The van der Waals surface area contributed by atoms with Crippen molar-refractivity contribution < 1.29 is 45.3 Å². The van der Waals surface area contributed by atoms with Crippen molar-refractivity contribution in [1.29, 1.82) is 0 Å². The van der Waals surface area contributed by atoms with Crippen LogP contribution in [-0.4, -0.2) is 16.1 Å². The number of benzene rings is 1. The monoisotopic (exact) mass is 355 g/mol. The van der Waals surface area contributed by atoms with Gasteiger partial charge in [-0.2, -0.15) is 0 Å². The number of nitrogens with zero attached hydrogens (tertiary/aromatic N) is 1. The van der Waals surface area contributed by atoms with Crippen LogP contribution in [0.3, 0.4) is 0 Å². The van der Waals surface area contributed by atoms with E-state index in [9.17, 15) is 4.79 Å². The van der Waals surface area contributed by atoms with Crippen molar-refractivity contribution >= 4 is 32.9 Å². The number of carbonyl (C=O) groups is 1. The van der Waals surface area contributed by atoms with Gasteiger partial charge in [0.2, 0.25) is 5.76 Å². The topological polar surface area (TPSA) is 63.3 Å². The molecule has 0 bridgehead atoms. The van der Waals surface area contributed by atoms with Crippen LogP contribution in [-0.2, 0) is 6.42 Å². The minimum Gasteiger partial charge on any atom is -1.00 e. The quantitative estimate of drug-likeness (QED) is 0.712. The first-order valence-electron chi connectivity index (χ1n) is 5.97. The Labute approximate surface area is 153 Å². The van der Waals surface area contributed by atoms with Crippen molar-refractivity contribution in [3.63, 3.8) is 0 Å². The molecule has 0 atom stereocenters. The second-order valence-corrected chi connectivity index (χ2v) is 5.30. The van der Waals surface area contributed by atoms with E-state index in [4.69, 9.17) is 9.52 Å². The third-order valence-electron chi connectivity index (χ3n) is 2.97. The molecule has 0 aliphatic carbocycles. The van der Waals surface area contributed by atoms with Gasteiger partial charge in [-0.1, -0.05) is 6.07 Å². The van der Waals surface area contributed by atoms with Gasteiger partial charge in [0.1, 0.15) is 5.58 Å². The van der Waals surface area contributed by atoms with Gasteiger partial charge in [-0.25, -0.2) is 4.79 Å². The standard InChI is InChI=1S/C15H10BrNO3.Na.H/c16-12-6-10(4-9-2-1-3-17-8-9)5-11-7-13(15(18)19)20-14(11)12;;/h1-3,5-8H,4H2,(H,18,19);;/q;+1;-1. The van der Waals surface area contributed by atoms with E-state index in [0.29, 0.717) is 5.58 Å². The zero-order valence-corrected chi connectivity index (χ0v) is 14.9. The number of fused-ring (bicyclic) bond motifs is 1. The molecular weight excluding hydrogens is 345 g/mol. The van der Waals surface area contributed by atoms with E-state index >= 15 is 0 Å². The van der Waals surface area contributed by atoms with E-state index in [2.05, 4.69) is 20.9 Å². The zero-order valence-electron chi connectivity index (χ0n) is 12.3. The summed E-state index contributed by atoms with van der Waals surface area (Å²) < 4.78 is 6.06. The third-order valence-corrected chi connectivity index (χ3v) is 3.56. The van der Waals surface area contributed by atoms with Crippen LogP contribution in [0.5, 0.6) is 0 Å². The number of aromatic carboxylic acids is 1. The smallest absolute Gasteiger partial charge is 1.00 e. The average molecular weight is 356 g/mol. The Kier molecular flexibility index (Phi) is 5.22. The van der Waals surface area contributed by atoms with Crippen LogP contribution in [0.1, 0.15) is 23.1 Å². The van der Waals surface area contributed by atoms with Crippen molar-refractivity contribution in [2.24, 2.45) is 0 Å². The Morgan fingerprint density at radius 2 is 2.14 bits per heavy atom. The number of hydrogen-bond acceptors (Lipinski definition) is 3. The first kappa shape index (κ1) is 16.2. The Balaban J connectivity index is 0.00000121. The number of carboxylic acids is 1. The maximum atomic E-state index is 10.9. The fraction of sp³-hybridized carbons (Fsp3) is 0.0667. The molecule has 0 aliphatic heterocycles. The van der Waals surface area contributed by atoms with Gasteiger partial charge in [0.05, 0.1) is 4.47 Å². The second kappa shape index (κ2) is 6.75. The summed E-state index contributed by atoms with van der Waals surface area (Å²) in [7, 11) is 0. The summed E-state index contributed by atoms with van der Waals surface area (Å²) in [6.45, 7) is 0. The first-order chi connectivity index (χ1) is 9.63. The summed E-state index contributed by atoms with van der Waals surface area (Å²) in [5, 5.41) is 9.74. The van der Waals surface area contributed by atoms with Crippen LogP contribution in [0.4, 0.5) is 0 Å². The summed E-state index contributed by atoms with van der Waals surface area (Å²) >= 11 is 3.42. The van der Waals surface area contributed by atoms with Crippen molar-refractivity contribution in [1.82, 2.24) is 4.98 Å². The minimum atomic E-state index is -1.07. The Morgan fingerprint density at radius 3 is 2.81 bits per heavy atom. The van der Waals surface area contributed by atoms with Crippen molar-refractivity contribution in [2.45, 2.75) is 6.42 Å². The van der Waals surface area contributed by atoms with E-state index in [1.807, 2.05) is 30.5 Å². The van der Waals surface area contributed by atoms with Crippen molar-refractivity contribution in [3.8, 4) is 0 Å². The largest absolute Gasteiger partial charge is 1.00 e. The fourth-order valence-electron chi connectivity index (χ4n) is 2.11. The van der Waals surface area contributed by atoms with E-state index in [-0.39, 0.29) is 36.7 Å². The first-order valence-corrected chi connectivity index (χ1v) is 6.77. The fourth-order valence-corrected chi connectivity index (χ4v) is 2.72. The summed E-state index contributed by atoms with van der Waals surface area (Å²) in [6.07, 6.45) is 4.28. The number of furan rings is 1. The van der Waals surface area contributed by atoms with Gasteiger partial charge in [0.25, 0.3) is 0 Å². The predicted octanol–water partition coefficient (Wildman–Crippen LogP) is 0.996. The number of aromatic nitrogens is 1. The third kappa shape index (κ3) is 3.55. The number of halogens is 1. The molecule has 0 radical (unpaired) electrons. The van der Waals surface area contributed by atoms with Crippen LogP contribution >= 0.6 is 15.9 Å². The molecule has 21 heavy (non-hydrogen) atoms. The SMILES string of the molecule is O=C(O)c1cc2cc(Cc3cccnc3)cc(Br)c2o1.[H-].[Na+]. The molecular formula is C15H11BrNNaO3. The van der Waals surface area contributed by atoms with E-state index < -0.39 is 5.97 Å². The molecule has 0 saturated heterocycles. The van der Waals surface area contributed by atoms with Gasteiger partial charge in [0, 0.05) is 17.8 Å². The number of pyridine rings is 1. The molecule has 3 rings (SSSR count). The molecule has 0 fully saturated rings. The zero-order chi connectivity index (χ0) is 14.1. The Hall–Kier alpha value is -1.14. The van der Waals surface area contributed by atoms with Gasteiger partial charge >= 0.3 is 35.5 Å². The molecule has 1 N–H and O–H groups in total. The van der Waals surface area contributed by atoms with E-state index in [1.54, 1.807) is 6.20 Å². The van der Waals surface area contributed by atoms with E-state index in [0.717, 1.165) is 27.4 Å². The summed E-state index contributed by atoms with van der Waals surface area (Å²) in [6, 6.07) is 9.30. The molecule has 2 heterocycles. The molecule has 3 aromatic rings. The Bertz CT molecular complexity index is 792. The molecule has 0 spiro atoms. The molecule has 0 amide bonds. The van der Waals surface area contributed by atoms with Gasteiger partial charge in [-0.15, -0.1) is 0 Å². The molecule has 0 aliphatic rings. The van der Waals surface area contributed by atoms with Crippen LogP contribution in [0.2, 0.25) is 0 Å². The van der Waals surface area contributed by atoms with Crippen LogP contribution in [0, 0.1) is 0 Å². The normalized spacial score (nSPS) is 10.3. The predicted molar refractivity (Wildman–Crippen MR) is 79.0 cm³/mol. The van der Waals surface area contributed by atoms with Gasteiger partial charge < -0.3 is 11.0 Å². The molecule has 0 unspecified atom stereocenters. The van der Waals surface area contributed by atoms with Gasteiger partial charge in [-0.05, 0) is 57.7 Å². The maximum Gasteiger partial charge on any atom is 1.00 e. The van der Waals surface area contributed by atoms with Crippen LogP contribution in [0.15, 0.2) is 51.6 Å². The van der Waals surface area contributed by atoms with Crippen LogP contribution < -0.4 is 29.6 Å². The summed E-state index contributed by atoms with van der Waals surface area (Å²) in [5.74, 6) is -1.12. The molecule has 2 aromatic heterocycles. The van der Waals surface area contributed by atoms with Crippen LogP contribution in [0.25, 0.3) is 11.0 Å². The van der Waals surface area contributed by atoms with Crippen molar-refractivity contribution in [2.75, 3.05) is 0 Å². The number of hydrogen-bond donors (Lipinski definition) is 1. The van der Waals surface area contributed by atoms with Gasteiger partial charge in [-0.3, -0.25) is 4.98 Å². The second-order valence-electron chi connectivity index (χ2n) is 4.45. The summed E-state index contributed by atoms with van der Waals surface area (Å²) in [4.78, 5) is 15.0. The minimum absolute atomic E-state index is 0. The number of carboxylic acid groups (broad SMARTS) is 1. The van der Waals surface area contributed by atoms with Crippen molar-refractivity contribution in [3.05, 3.63) is 64.1 Å². The molecule has 6 heteroatoms. The molecule has 0 saturated carbocycles. The molecule has 1 aromatic carbocycles. The van der Waals surface area contributed by atoms with E-state index in [1.165, 1.54) is 6.07 Å². The number of rotatable bonds is 3. The summed E-state index contributed by atoms with van der Waals surface area (Å²) in [5.41, 5.74) is 2.72. The molecule has 4 nitrogen and oxygen atoms in total. The molecule has 102 valence electrons. The average Bonchev–Trinajstić information content (AvgIpc) is 2.84. The van der Waals surface area contributed by atoms with Gasteiger partial charge in [0.15, 0.2) is 0 Å². The maximum absolute atomic E-state index is 10.9.